The van der Waals surface area contributed by atoms with Crippen LogP contribution in [0.4, 0.5) is 0 Å². The second-order valence-electron chi connectivity index (χ2n) is 6.53. The standard InChI is InChI=1S/C22H25ClN2O5/c1-5-29-19-10-16(9-18(23)22(19)30-13-21(27)28-4)12-24-25-20(26)11-17-7-6-14(2)8-15(17)3/h6-10,12H,5,11,13H2,1-4H3,(H,25,26)/b24-12-. The average molecular weight is 433 g/mol. The Labute approximate surface area is 181 Å². The second kappa shape index (κ2) is 11.2. The van der Waals surface area contributed by atoms with Crippen molar-refractivity contribution in [3.8, 4) is 11.5 Å². The van der Waals surface area contributed by atoms with Gasteiger partial charge in [-0.2, -0.15) is 5.10 Å². The molecule has 0 aliphatic carbocycles. The van der Waals surface area contributed by atoms with Gasteiger partial charge in [0.15, 0.2) is 18.1 Å². The molecule has 0 spiro atoms. The molecule has 0 aliphatic rings. The molecular formula is C22H25ClN2O5. The van der Waals surface area contributed by atoms with E-state index in [2.05, 4.69) is 15.3 Å². The molecule has 0 heterocycles. The van der Waals surface area contributed by atoms with E-state index in [1.807, 2.05) is 39.0 Å². The third-order valence-corrected chi connectivity index (χ3v) is 4.43. The zero-order chi connectivity index (χ0) is 22.1. The molecule has 0 unspecified atom stereocenters. The van der Waals surface area contributed by atoms with E-state index in [9.17, 15) is 9.59 Å². The summed E-state index contributed by atoms with van der Waals surface area (Å²) < 4.78 is 15.5. The summed E-state index contributed by atoms with van der Waals surface area (Å²) in [6, 6.07) is 9.19. The number of esters is 1. The van der Waals surface area contributed by atoms with Crippen LogP contribution in [-0.2, 0) is 20.7 Å². The van der Waals surface area contributed by atoms with Gasteiger partial charge in [-0.05, 0) is 49.6 Å². The zero-order valence-corrected chi connectivity index (χ0v) is 18.2. The topological polar surface area (TPSA) is 86.2 Å². The highest BCUT2D eigenvalue weighted by Crippen LogP contribution is 2.36. The van der Waals surface area contributed by atoms with Crippen molar-refractivity contribution in [1.29, 1.82) is 0 Å². The molecule has 7 nitrogen and oxygen atoms in total. The molecule has 8 heteroatoms. The van der Waals surface area contributed by atoms with E-state index in [4.69, 9.17) is 21.1 Å². The Bertz CT molecular complexity index is 943. The molecular weight excluding hydrogens is 408 g/mol. The van der Waals surface area contributed by atoms with Crippen molar-refractivity contribution in [2.45, 2.75) is 27.2 Å². The molecule has 1 N–H and O–H groups in total. The lowest BCUT2D eigenvalue weighted by Gasteiger charge is -2.13. The number of carbonyl (C=O) groups excluding carboxylic acids is 2. The van der Waals surface area contributed by atoms with Gasteiger partial charge in [0.05, 0.1) is 31.4 Å². The quantitative estimate of drug-likeness (QED) is 0.371. The first-order valence-electron chi connectivity index (χ1n) is 9.38. The Morgan fingerprint density at radius 3 is 2.60 bits per heavy atom. The number of aryl methyl sites for hydroxylation is 2. The number of nitrogens with one attached hydrogen (secondary N) is 1. The van der Waals surface area contributed by atoms with Gasteiger partial charge in [-0.25, -0.2) is 10.2 Å². The molecule has 0 fully saturated rings. The molecule has 0 saturated carbocycles. The minimum Gasteiger partial charge on any atom is -0.490 e. The fourth-order valence-corrected chi connectivity index (χ4v) is 2.96. The molecule has 2 rings (SSSR count). The summed E-state index contributed by atoms with van der Waals surface area (Å²) in [7, 11) is 1.27. The van der Waals surface area contributed by atoms with Gasteiger partial charge in [0, 0.05) is 0 Å². The molecule has 0 bridgehead atoms. The summed E-state index contributed by atoms with van der Waals surface area (Å²) in [6.07, 6.45) is 1.69. The first-order valence-corrected chi connectivity index (χ1v) is 9.75. The van der Waals surface area contributed by atoms with Crippen LogP contribution >= 0.6 is 11.6 Å². The number of carbonyl (C=O) groups is 2. The Morgan fingerprint density at radius 1 is 1.17 bits per heavy atom. The van der Waals surface area contributed by atoms with Gasteiger partial charge in [0.25, 0.3) is 0 Å². The van der Waals surface area contributed by atoms with Crippen molar-refractivity contribution in [3.05, 3.63) is 57.6 Å². The molecule has 160 valence electrons. The van der Waals surface area contributed by atoms with Crippen molar-refractivity contribution in [2.24, 2.45) is 5.10 Å². The van der Waals surface area contributed by atoms with Crippen LogP contribution in [-0.4, -0.2) is 38.4 Å². The van der Waals surface area contributed by atoms with Crippen LogP contribution < -0.4 is 14.9 Å². The van der Waals surface area contributed by atoms with Gasteiger partial charge in [0.2, 0.25) is 5.91 Å². The van der Waals surface area contributed by atoms with Crippen LogP contribution in [0.2, 0.25) is 5.02 Å². The summed E-state index contributed by atoms with van der Waals surface area (Å²) in [5.41, 5.74) is 6.26. The second-order valence-corrected chi connectivity index (χ2v) is 6.93. The van der Waals surface area contributed by atoms with E-state index in [0.717, 1.165) is 16.7 Å². The molecule has 0 aliphatic heterocycles. The maximum atomic E-state index is 12.2. The summed E-state index contributed by atoms with van der Waals surface area (Å²) >= 11 is 6.27. The largest absolute Gasteiger partial charge is 0.490 e. The maximum Gasteiger partial charge on any atom is 0.343 e. The van der Waals surface area contributed by atoms with Crippen molar-refractivity contribution < 1.29 is 23.8 Å². The Hall–Kier alpha value is -3.06. The van der Waals surface area contributed by atoms with Gasteiger partial charge < -0.3 is 14.2 Å². The third-order valence-electron chi connectivity index (χ3n) is 4.15. The zero-order valence-electron chi connectivity index (χ0n) is 17.5. The molecule has 0 atom stereocenters. The number of methoxy groups -OCH3 is 1. The Morgan fingerprint density at radius 2 is 1.93 bits per heavy atom. The predicted molar refractivity (Wildman–Crippen MR) is 115 cm³/mol. The SMILES string of the molecule is CCOc1cc(/C=N\NC(=O)Cc2ccc(C)cc2C)cc(Cl)c1OCC(=O)OC. The Balaban J connectivity index is 2.06. The lowest BCUT2D eigenvalue weighted by atomic mass is 10.0. The van der Waals surface area contributed by atoms with Crippen LogP contribution in [0.1, 0.15) is 29.2 Å². The predicted octanol–water partition coefficient (Wildman–Crippen LogP) is 3.60. The normalized spacial score (nSPS) is 10.7. The number of nitrogens with zero attached hydrogens (tertiary/aromatic N) is 1. The molecule has 2 aromatic rings. The summed E-state index contributed by atoms with van der Waals surface area (Å²) in [6.45, 7) is 5.87. The third kappa shape index (κ3) is 6.77. The summed E-state index contributed by atoms with van der Waals surface area (Å²) in [4.78, 5) is 23.5. The van der Waals surface area contributed by atoms with E-state index in [-0.39, 0.29) is 29.7 Å². The highest BCUT2D eigenvalue weighted by molar-refractivity contribution is 6.32. The number of ether oxygens (including phenoxy) is 3. The van der Waals surface area contributed by atoms with Crippen LogP contribution in [0.25, 0.3) is 0 Å². The first kappa shape index (κ1) is 23.2. The highest BCUT2D eigenvalue weighted by Gasteiger charge is 2.14. The van der Waals surface area contributed by atoms with Crippen molar-refractivity contribution >= 4 is 29.7 Å². The van der Waals surface area contributed by atoms with Gasteiger partial charge in [-0.1, -0.05) is 35.4 Å². The van der Waals surface area contributed by atoms with Gasteiger partial charge >= 0.3 is 5.97 Å². The number of amides is 1. The van der Waals surface area contributed by atoms with E-state index in [1.165, 1.54) is 13.3 Å². The summed E-state index contributed by atoms with van der Waals surface area (Å²) in [5.74, 6) is -0.171. The number of halogens is 1. The fraction of sp³-hybridized carbons (Fsp3) is 0.318. The molecule has 0 aromatic heterocycles. The van der Waals surface area contributed by atoms with Crippen LogP contribution in [0.3, 0.4) is 0 Å². The minimum atomic E-state index is -0.536. The lowest BCUT2D eigenvalue weighted by Crippen LogP contribution is -2.20. The van der Waals surface area contributed by atoms with Crippen molar-refractivity contribution in [1.82, 2.24) is 5.43 Å². The summed E-state index contributed by atoms with van der Waals surface area (Å²) in [5, 5.41) is 4.23. The number of hydrogen-bond acceptors (Lipinski definition) is 6. The fourth-order valence-electron chi connectivity index (χ4n) is 2.69. The van der Waals surface area contributed by atoms with Crippen molar-refractivity contribution in [3.63, 3.8) is 0 Å². The lowest BCUT2D eigenvalue weighted by molar-refractivity contribution is -0.142. The monoisotopic (exact) mass is 432 g/mol. The van der Waals surface area contributed by atoms with Gasteiger partial charge in [-0.3, -0.25) is 4.79 Å². The first-order chi connectivity index (χ1) is 14.3. The number of benzene rings is 2. The maximum absolute atomic E-state index is 12.2. The van der Waals surface area contributed by atoms with E-state index < -0.39 is 5.97 Å². The average Bonchev–Trinajstić information content (AvgIpc) is 2.69. The molecule has 2 aromatic carbocycles. The minimum absolute atomic E-state index is 0.229. The van der Waals surface area contributed by atoms with Crippen LogP contribution in [0.5, 0.6) is 11.5 Å². The van der Waals surface area contributed by atoms with Crippen LogP contribution in [0, 0.1) is 13.8 Å². The molecule has 0 saturated heterocycles. The van der Waals surface area contributed by atoms with E-state index in [1.54, 1.807) is 12.1 Å². The smallest absolute Gasteiger partial charge is 0.343 e. The van der Waals surface area contributed by atoms with Crippen LogP contribution in [0.15, 0.2) is 35.4 Å². The molecule has 0 radical (unpaired) electrons. The Kier molecular flexibility index (Phi) is 8.68. The molecule has 1 amide bonds. The number of hydrazone groups is 1. The highest BCUT2D eigenvalue weighted by atomic mass is 35.5. The van der Waals surface area contributed by atoms with Crippen molar-refractivity contribution in [2.75, 3.05) is 20.3 Å². The van der Waals surface area contributed by atoms with E-state index in [0.29, 0.717) is 17.9 Å². The van der Waals surface area contributed by atoms with Gasteiger partial charge in [0.1, 0.15) is 0 Å². The number of rotatable bonds is 9. The molecule has 30 heavy (non-hydrogen) atoms. The van der Waals surface area contributed by atoms with E-state index >= 15 is 0 Å². The van der Waals surface area contributed by atoms with Gasteiger partial charge in [-0.15, -0.1) is 0 Å². The number of hydrogen-bond donors (Lipinski definition) is 1.